The standard InChI is InChI=1S/C11H18N2O6S/c1-7(8(2)10(15)16)9(14)13-11(17)12-5-4-6-20(3,18)19/h4-6H2,1-3H3,(H,15,16)(H2,12,13,14,17). The molecular formula is C11H18N2O6S. The van der Waals surface area contributed by atoms with Gasteiger partial charge in [-0.15, -0.1) is 0 Å². The summed E-state index contributed by atoms with van der Waals surface area (Å²) < 4.78 is 21.7. The Hall–Kier alpha value is -1.90. The zero-order valence-corrected chi connectivity index (χ0v) is 12.3. The van der Waals surface area contributed by atoms with Gasteiger partial charge >= 0.3 is 12.0 Å². The molecule has 0 aliphatic rings. The van der Waals surface area contributed by atoms with Crippen LogP contribution in [-0.2, 0) is 19.4 Å². The fourth-order valence-corrected chi connectivity index (χ4v) is 1.78. The maximum absolute atomic E-state index is 11.5. The highest BCUT2D eigenvalue weighted by atomic mass is 32.2. The fraction of sp³-hybridized carbons (Fsp3) is 0.545. The smallest absolute Gasteiger partial charge is 0.331 e. The monoisotopic (exact) mass is 306 g/mol. The van der Waals surface area contributed by atoms with Gasteiger partial charge in [0.05, 0.1) is 5.75 Å². The zero-order valence-electron chi connectivity index (χ0n) is 11.5. The lowest BCUT2D eigenvalue weighted by molar-refractivity contribution is -0.133. The van der Waals surface area contributed by atoms with Crippen LogP contribution in [0, 0.1) is 0 Å². The molecule has 114 valence electrons. The summed E-state index contributed by atoms with van der Waals surface area (Å²) in [5, 5.41) is 12.9. The highest BCUT2D eigenvalue weighted by Crippen LogP contribution is 2.03. The minimum atomic E-state index is -3.09. The second kappa shape index (κ2) is 7.63. The number of sulfone groups is 1. The van der Waals surface area contributed by atoms with Crippen LogP contribution in [0.3, 0.4) is 0 Å². The number of imide groups is 1. The molecule has 0 saturated carbocycles. The molecule has 3 N–H and O–H groups in total. The number of carboxylic acids is 1. The predicted octanol–water partition coefficient (Wildman–Crippen LogP) is -0.332. The van der Waals surface area contributed by atoms with Crippen molar-refractivity contribution < 1.29 is 27.9 Å². The van der Waals surface area contributed by atoms with Gasteiger partial charge in [-0.25, -0.2) is 18.0 Å². The minimum Gasteiger partial charge on any atom is -0.478 e. The van der Waals surface area contributed by atoms with Crippen molar-refractivity contribution in [2.45, 2.75) is 20.3 Å². The van der Waals surface area contributed by atoms with Crippen LogP contribution >= 0.6 is 0 Å². The molecule has 0 fully saturated rings. The number of rotatable bonds is 6. The molecule has 0 aromatic rings. The number of urea groups is 1. The number of aliphatic carboxylic acids is 1. The molecule has 9 heteroatoms. The third kappa shape index (κ3) is 7.52. The van der Waals surface area contributed by atoms with Crippen molar-refractivity contribution in [1.29, 1.82) is 0 Å². The number of carbonyl (C=O) groups is 3. The summed E-state index contributed by atoms with van der Waals surface area (Å²) in [6, 6.07) is -0.805. The summed E-state index contributed by atoms with van der Waals surface area (Å²) in [7, 11) is -3.09. The van der Waals surface area contributed by atoms with E-state index in [9.17, 15) is 22.8 Å². The molecule has 0 spiro atoms. The van der Waals surface area contributed by atoms with E-state index in [1.165, 1.54) is 13.8 Å². The molecule has 0 heterocycles. The van der Waals surface area contributed by atoms with Crippen molar-refractivity contribution in [1.82, 2.24) is 10.6 Å². The highest BCUT2D eigenvalue weighted by molar-refractivity contribution is 7.90. The SMILES string of the molecule is CC(C(=O)O)=C(C)C(=O)NC(=O)NCCCS(C)(=O)=O. The molecule has 0 unspecified atom stereocenters. The Bertz CT molecular complexity index is 535. The average molecular weight is 306 g/mol. The van der Waals surface area contributed by atoms with E-state index in [2.05, 4.69) is 5.32 Å². The Morgan fingerprint density at radius 2 is 1.65 bits per heavy atom. The predicted molar refractivity (Wildman–Crippen MR) is 71.9 cm³/mol. The van der Waals surface area contributed by atoms with Gasteiger partial charge in [0.25, 0.3) is 5.91 Å². The number of carboxylic acid groups (broad SMARTS) is 1. The fourth-order valence-electron chi connectivity index (χ4n) is 1.11. The molecule has 3 amide bonds. The van der Waals surface area contributed by atoms with Crippen LogP contribution in [0.15, 0.2) is 11.1 Å². The van der Waals surface area contributed by atoms with E-state index in [1.807, 2.05) is 5.32 Å². The largest absolute Gasteiger partial charge is 0.478 e. The summed E-state index contributed by atoms with van der Waals surface area (Å²) in [6.07, 6.45) is 1.31. The number of amides is 3. The van der Waals surface area contributed by atoms with Crippen LogP contribution in [0.5, 0.6) is 0 Å². The minimum absolute atomic E-state index is 0.0712. The Kier molecular flexibility index (Phi) is 6.91. The van der Waals surface area contributed by atoms with Crippen molar-refractivity contribution in [2.24, 2.45) is 0 Å². The van der Waals surface area contributed by atoms with Gasteiger partial charge in [0.15, 0.2) is 0 Å². The summed E-state index contributed by atoms with van der Waals surface area (Å²) >= 11 is 0. The molecular weight excluding hydrogens is 288 g/mol. The first-order chi connectivity index (χ1) is 9.04. The molecule has 0 radical (unpaired) electrons. The van der Waals surface area contributed by atoms with E-state index in [-0.39, 0.29) is 29.9 Å². The third-order valence-corrected chi connectivity index (χ3v) is 3.46. The van der Waals surface area contributed by atoms with Crippen molar-refractivity contribution >= 4 is 27.7 Å². The lowest BCUT2D eigenvalue weighted by Gasteiger charge is -2.07. The van der Waals surface area contributed by atoms with Gasteiger partial charge in [-0.05, 0) is 20.3 Å². The van der Waals surface area contributed by atoms with E-state index >= 15 is 0 Å². The lowest BCUT2D eigenvalue weighted by Crippen LogP contribution is -2.40. The highest BCUT2D eigenvalue weighted by Gasteiger charge is 2.14. The number of hydrogen-bond donors (Lipinski definition) is 3. The van der Waals surface area contributed by atoms with E-state index in [4.69, 9.17) is 5.11 Å². The van der Waals surface area contributed by atoms with Crippen LogP contribution in [0.25, 0.3) is 0 Å². The quantitative estimate of drug-likeness (QED) is 0.455. The number of carbonyl (C=O) groups excluding carboxylic acids is 2. The van der Waals surface area contributed by atoms with Crippen LogP contribution < -0.4 is 10.6 Å². The Balaban J connectivity index is 4.26. The normalized spacial score (nSPS) is 12.3. The molecule has 0 atom stereocenters. The molecule has 8 nitrogen and oxygen atoms in total. The van der Waals surface area contributed by atoms with Crippen molar-refractivity contribution in [2.75, 3.05) is 18.6 Å². The van der Waals surface area contributed by atoms with Crippen LogP contribution in [-0.4, -0.2) is 50.0 Å². The molecule has 0 aromatic carbocycles. The number of hydrogen-bond acceptors (Lipinski definition) is 5. The van der Waals surface area contributed by atoms with Gasteiger partial charge in [-0.1, -0.05) is 0 Å². The maximum atomic E-state index is 11.5. The second-order valence-electron chi connectivity index (χ2n) is 4.25. The van der Waals surface area contributed by atoms with E-state index in [1.54, 1.807) is 0 Å². The average Bonchev–Trinajstić information content (AvgIpc) is 2.31. The van der Waals surface area contributed by atoms with E-state index < -0.39 is 27.7 Å². The summed E-state index contributed by atoms with van der Waals surface area (Å²) in [6.45, 7) is 2.63. The van der Waals surface area contributed by atoms with Gasteiger partial charge < -0.3 is 10.4 Å². The van der Waals surface area contributed by atoms with Crippen LogP contribution in [0.2, 0.25) is 0 Å². The summed E-state index contributed by atoms with van der Waals surface area (Å²) in [5.41, 5.74) is -0.240. The zero-order chi connectivity index (χ0) is 15.9. The number of nitrogens with one attached hydrogen (secondary N) is 2. The molecule has 0 aromatic heterocycles. The lowest BCUT2D eigenvalue weighted by atomic mass is 10.1. The molecule has 20 heavy (non-hydrogen) atoms. The molecule has 0 aliphatic carbocycles. The maximum Gasteiger partial charge on any atom is 0.331 e. The van der Waals surface area contributed by atoms with Gasteiger partial charge in [0.1, 0.15) is 9.84 Å². The van der Waals surface area contributed by atoms with Gasteiger partial charge in [-0.3, -0.25) is 10.1 Å². The first-order valence-corrected chi connectivity index (χ1v) is 7.78. The Morgan fingerprint density at radius 1 is 1.10 bits per heavy atom. The van der Waals surface area contributed by atoms with E-state index in [0.29, 0.717) is 0 Å². The molecule has 0 rings (SSSR count). The third-order valence-electron chi connectivity index (χ3n) is 2.43. The molecule has 0 saturated heterocycles. The Morgan fingerprint density at radius 3 is 2.10 bits per heavy atom. The molecule has 0 bridgehead atoms. The van der Waals surface area contributed by atoms with Gasteiger partial charge in [0, 0.05) is 23.9 Å². The van der Waals surface area contributed by atoms with Crippen LogP contribution in [0.1, 0.15) is 20.3 Å². The second-order valence-corrected chi connectivity index (χ2v) is 6.51. The van der Waals surface area contributed by atoms with Crippen molar-refractivity contribution in [3.05, 3.63) is 11.1 Å². The molecule has 0 aliphatic heterocycles. The van der Waals surface area contributed by atoms with Gasteiger partial charge in [-0.2, -0.15) is 0 Å². The first-order valence-electron chi connectivity index (χ1n) is 5.72. The van der Waals surface area contributed by atoms with Crippen molar-refractivity contribution in [3.63, 3.8) is 0 Å². The van der Waals surface area contributed by atoms with Crippen molar-refractivity contribution in [3.8, 4) is 0 Å². The summed E-state index contributed by atoms with van der Waals surface area (Å²) in [5.74, 6) is -2.13. The summed E-state index contributed by atoms with van der Waals surface area (Å²) in [4.78, 5) is 33.5. The van der Waals surface area contributed by atoms with E-state index in [0.717, 1.165) is 6.26 Å². The Labute approximate surface area is 117 Å². The van der Waals surface area contributed by atoms with Crippen LogP contribution in [0.4, 0.5) is 4.79 Å². The topological polar surface area (TPSA) is 130 Å². The first kappa shape index (κ1) is 18.1. The van der Waals surface area contributed by atoms with Gasteiger partial charge in [0.2, 0.25) is 0 Å².